The van der Waals surface area contributed by atoms with Crippen molar-refractivity contribution in [1.82, 2.24) is 4.90 Å². The highest BCUT2D eigenvalue weighted by Crippen LogP contribution is 2.38. The molecule has 2 unspecified atom stereocenters. The van der Waals surface area contributed by atoms with Crippen molar-refractivity contribution in [3.8, 4) is 5.75 Å². The molecule has 20 heavy (non-hydrogen) atoms. The van der Waals surface area contributed by atoms with Crippen molar-refractivity contribution in [3.05, 3.63) is 23.8 Å². The van der Waals surface area contributed by atoms with Gasteiger partial charge in [0.2, 0.25) is 0 Å². The van der Waals surface area contributed by atoms with Gasteiger partial charge >= 0.3 is 7.12 Å². The van der Waals surface area contributed by atoms with Gasteiger partial charge in [-0.1, -0.05) is 12.5 Å². The standard InChI is InChI=1S/C15H22BNO3/c1-20-14-5-6-15(16(18)19)13(7-14)10-17-8-11-3-2-4-12(11)9-17/h5-7,11-12,18-19H,2-4,8-10H2,1H3. The minimum absolute atomic E-state index is 0.586. The fraction of sp³-hybridized carbons (Fsp3) is 0.600. The number of ether oxygens (including phenoxy) is 1. The predicted molar refractivity (Wildman–Crippen MR) is 78.9 cm³/mol. The molecule has 0 spiro atoms. The summed E-state index contributed by atoms with van der Waals surface area (Å²) >= 11 is 0. The minimum atomic E-state index is -1.42. The Labute approximate surface area is 120 Å². The molecule has 1 aliphatic heterocycles. The van der Waals surface area contributed by atoms with E-state index in [4.69, 9.17) is 4.74 Å². The Morgan fingerprint density at radius 2 is 1.95 bits per heavy atom. The van der Waals surface area contributed by atoms with Crippen molar-refractivity contribution in [2.45, 2.75) is 25.8 Å². The van der Waals surface area contributed by atoms with Crippen LogP contribution < -0.4 is 10.2 Å². The molecule has 2 atom stereocenters. The van der Waals surface area contributed by atoms with Gasteiger partial charge in [0.25, 0.3) is 0 Å². The number of hydrogen-bond acceptors (Lipinski definition) is 4. The topological polar surface area (TPSA) is 52.9 Å². The first kappa shape index (κ1) is 13.9. The number of benzene rings is 1. The smallest absolute Gasteiger partial charge is 0.488 e. The molecule has 1 aromatic carbocycles. The van der Waals surface area contributed by atoms with Crippen molar-refractivity contribution in [2.24, 2.45) is 11.8 Å². The molecule has 1 aliphatic carbocycles. The summed E-state index contributed by atoms with van der Waals surface area (Å²) in [4.78, 5) is 2.44. The molecule has 0 aromatic heterocycles. The van der Waals surface area contributed by atoms with Crippen LogP contribution in [0.15, 0.2) is 18.2 Å². The number of hydrogen-bond donors (Lipinski definition) is 2. The van der Waals surface area contributed by atoms with Gasteiger partial charge in [0.15, 0.2) is 0 Å². The fourth-order valence-corrected chi connectivity index (χ4v) is 3.80. The maximum Gasteiger partial charge on any atom is 0.488 e. The van der Waals surface area contributed by atoms with Gasteiger partial charge < -0.3 is 14.8 Å². The lowest BCUT2D eigenvalue weighted by Gasteiger charge is -2.19. The van der Waals surface area contributed by atoms with Crippen LogP contribution in [0, 0.1) is 11.8 Å². The predicted octanol–water partition coefficient (Wildman–Crippen LogP) is 0.607. The van der Waals surface area contributed by atoms with Crippen LogP contribution in [0.1, 0.15) is 24.8 Å². The number of nitrogens with zero attached hydrogens (tertiary/aromatic N) is 1. The Morgan fingerprint density at radius 3 is 2.55 bits per heavy atom. The van der Waals surface area contributed by atoms with Crippen LogP contribution in [0.2, 0.25) is 0 Å². The van der Waals surface area contributed by atoms with Gasteiger partial charge in [0, 0.05) is 19.6 Å². The average Bonchev–Trinajstić information content (AvgIpc) is 2.99. The maximum atomic E-state index is 9.50. The van der Waals surface area contributed by atoms with E-state index in [1.165, 1.54) is 19.3 Å². The fourth-order valence-electron chi connectivity index (χ4n) is 3.80. The highest BCUT2D eigenvalue weighted by Gasteiger charge is 2.36. The van der Waals surface area contributed by atoms with Gasteiger partial charge in [-0.3, -0.25) is 4.90 Å². The van der Waals surface area contributed by atoms with Crippen LogP contribution in [0.25, 0.3) is 0 Å². The summed E-state index contributed by atoms with van der Waals surface area (Å²) in [5, 5.41) is 19.0. The normalized spacial score (nSPS) is 25.8. The van der Waals surface area contributed by atoms with E-state index < -0.39 is 7.12 Å². The molecular weight excluding hydrogens is 253 g/mol. The minimum Gasteiger partial charge on any atom is -0.497 e. The van der Waals surface area contributed by atoms with E-state index in [2.05, 4.69) is 4.90 Å². The summed E-state index contributed by atoms with van der Waals surface area (Å²) in [6.07, 6.45) is 4.09. The molecule has 1 saturated carbocycles. The summed E-state index contributed by atoms with van der Waals surface area (Å²) in [5.41, 5.74) is 1.54. The lowest BCUT2D eigenvalue weighted by atomic mass is 9.77. The van der Waals surface area contributed by atoms with Crippen molar-refractivity contribution < 1.29 is 14.8 Å². The van der Waals surface area contributed by atoms with E-state index in [1.54, 1.807) is 19.2 Å². The Hall–Kier alpha value is -1.04. The second kappa shape index (κ2) is 5.76. The molecule has 0 bridgehead atoms. The van der Waals surface area contributed by atoms with Crippen LogP contribution in [-0.2, 0) is 6.54 Å². The molecule has 1 saturated heterocycles. The molecule has 0 amide bonds. The summed E-state index contributed by atoms with van der Waals surface area (Å²) in [6.45, 7) is 3.06. The number of methoxy groups -OCH3 is 1. The van der Waals surface area contributed by atoms with Crippen LogP contribution in [0.4, 0.5) is 0 Å². The van der Waals surface area contributed by atoms with Gasteiger partial charge in [-0.05, 0) is 47.8 Å². The van der Waals surface area contributed by atoms with Gasteiger partial charge in [0.05, 0.1) is 7.11 Å². The molecule has 5 heteroatoms. The van der Waals surface area contributed by atoms with Gasteiger partial charge in [-0.2, -0.15) is 0 Å². The quantitative estimate of drug-likeness (QED) is 0.790. The summed E-state index contributed by atoms with van der Waals surface area (Å²) in [7, 11) is 0.215. The first-order valence-corrected chi connectivity index (χ1v) is 7.42. The van der Waals surface area contributed by atoms with Crippen molar-refractivity contribution in [2.75, 3.05) is 20.2 Å². The van der Waals surface area contributed by atoms with Crippen molar-refractivity contribution in [1.29, 1.82) is 0 Å². The first-order chi connectivity index (χ1) is 9.67. The third-order valence-corrected chi connectivity index (χ3v) is 4.82. The third-order valence-electron chi connectivity index (χ3n) is 4.82. The van der Waals surface area contributed by atoms with E-state index in [9.17, 15) is 10.0 Å². The number of fused-ring (bicyclic) bond motifs is 1. The second-order valence-electron chi connectivity index (χ2n) is 6.08. The molecule has 0 radical (unpaired) electrons. The highest BCUT2D eigenvalue weighted by atomic mass is 16.5. The van der Waals surface area contributed by atoms with Gasteiger partial charge in [0.1, 0.15) is 5.75 Å². The van der Waals surface area contributed by atoms with Crippen LogP contribution >= 0.6 is 0 Å². The monoisotopic (exact) mass is 275 g/mol. The first-order valence-electron chi connectivity index (χ1n) is 7.42. The van der Waals surface area contributed by atoms with E-state index in [-0.39, 0.29) is 0 Å². The largest absolute Gasteiger partial charge is 0.497 e. The van der Waals surface area contributed by atoms with E-state index in [0.29, 0.717) is 5.46 Å². The zero-order chi connectivity index (χ0) is 14.1. The van der Waals surface area contributed by atoms with Crippen LogP contribution in [0.5, 0.6) is 5.75 Å². The summed E-state index contributed by atoms with van der Waals surface area (Å²) in [5.74, 6) is 2.47. The summed E-state index contributed by atoms with van der Waals surface area (Å²) < 4.78 is 5.25. The molecule has 1 aromatic rings. The third kappa shape index (κ3) is 2.71. The number of likely N-dealkylation sites (tertiary alicyclic amines) is 1. The lowest BCUT2D eigenvalue weighted by Crippen LogP contribution is -2.35. The zero-order valence-corrected chi connectivity index (χ0v) is 12.0. The molecular formula is C15H22BNO3. The molecule has 2 fully saturated rings. The van der Waals surface area contributed by atoms with Crippen LogP contribution in [-0.4, -0.2) is 42.3 Å². The SMILES string of the molecule is COc1ccc(B(O)O)c(CN2CC3CCCC3C2)c1. The second-order valence-corrected chi connectivity index (χ2v) is 6.08. The van der Waals surface area contributed by atoms with Crippen molar-refractivity contribution in [3.63, 3.8) is 0 Å². The molecule has 2 aliphatic rings. The zero-order valence-electron chi connectivity index (χ0n) is 12.0. The molecule has 4 nitrogen and oxygen atoms in total. The average molecular weight is 275 g/mol. The lowest BCUT2D eigenvalue weighted by molar-refractivity contribution is 0.303. The molecule has 108 valence electrons. The van der Waals surface area contributed by atoms with Gasteiger partial charge in [-0.15, -0.1) is 0 Å². The molecule has 3 rings (SSSR count). The Bertz CT molecular complexity index is 468. The van der Waals surface area contributed by atoms with Crippen molar-refractivity contribution >= 4 is 12.6 Å². The number of rotatable bonds is 4. The van der Waals surface area contributed by atoms with Gasteiger partial charge in [-0.25, -0.2) is 0 Å². The van der Waals surface area contributed by atoms with E-state index >= 15 is 0 Å². The molecule has 1 heterocycles. The van der Waals surface area contributed by atoms with E-state index in [1.807, 2.05) is 6.07 Å². The Balaban J connectivity index is 1.75. The molecule has 2 N–H and O–H groups in total. The Kier molecular flexibility index (Phi) is 4.01. The highest BCUT2D eigenvalue weighted by molar-refractivity contribution is 6.59. The van der Waals surface area contributed by atoms with Crippen LogP contribution in [0.3, 0.4) is 0 Å². The summed E-state index contributed by atoms with van der Waals surface area (Å²) in [6, 6.07) is 5.44. The maximum absolute atomic E-state index is 9.50. The Morgan fingerprint density at radius 1 is 1.25 bits per heavy atom. The van der Waals surface area contributed by atoms with E-state index in [0.717, 1.165) is 42.8 Å².